The van der Waals surface area contributed by atoms with Gasteiger partial charge in [-0.05, 0) is 38.5 Å². The number of allylic oxidation sites excluding steroid dienone is 3. The van der Waals surface area contributed by atoms with Crippen molar-refractivity contribution in [2.24, 2.45) is 0 Å². The second-order valence-electron chi connectivity index (χ2n) is 12.7. The highest BCUT2D eigenvalue weighted by Gasteiger charge is 1.96. The molecule has 0 radical (unpaired) electrons. The third-order valence-corrected chi connectivity index (χ3v) is 8.67. The van der Waals surface area contributed by atoms with Crippen LogP contribution >= 0.6 is 0 Å². The maximum atomic E-state index is 3.80. The number of unbranched alkanes of at least 4 members (excludes halogenated alkanes) is 32. The summed E-state index contributed by atoms with van der Waals surface area (Å²) in [6, 6.07) is 0. The number of hydrogen-bond acceptors (Lipinski definition) is 0. The molecule has 0 fully saturated rings. The molecule has 39 heavy (non-hydrogen) atoms. The van der Waals surface area contributed by atoms with E-state index in [-0.39, 0.29) is 0 Å². The van der Waals surface area contributed by atoms with Crippen LogP contribution in [0.4, 0.5) is 0 Å². The van der Waals surface area contributed by atoms with Crippen molar-refractivity contribution < 1.29 is 0 Å². The lowest BCUT2D eigenvalue weighted by atomic mass is 10.0. The number of hydrogen-bond donors (Lipinski definition) is 0. The van der Waals surface area contributed by atoms with Crippen LogP contribution in [0.15, 0.2) is 24.8 Å². The summed E-state index contributed by atoms with van der Waals surface area (Å²) in [5, 5.41) is 0. The largest absolute Gasteiger partial charge is 0.103 e. The van der Waals surface area contributed by atoms with Crippen LogP contribution in [0.5, 0.6) is 0 Å². The highest BCUT2D eigenvalue weighted by molar-refractivity contribution is 4.81. The molecule has 0 heteroatoms. The first-order valence-electron chi connectivity index (χ1n) is 18.7. The summed E-state index contributed by atoms with van der Waals surface area (Å²) in [6.07, 6.45) is 55.9. The lowest BCUT2D eigenvalue weighted by Crippen LogP contribution is -1.84. The summed E-state index contributed by atoms with van der Waals surface area (Å²) in [4.78, 5) is 0. The van der Waals surface area contributed by atoms with Crippen LogP contribution < -0.4 is 0 Å². The molecule has 0 aliphatic carbocycles. The molecule has 0 rings (SSSR count). The smallest absolute Gasteiger partial charge is 0.0351 e. The minimum Gasteiger partial charge on any atom is -0.103 e. The average molecular weight is 545 g/mol. The molecule has 0 bridgehead atoms. The van der Waals surface area contributed by atoms with Gasteiger partial charge in [-0.15, -0.1) is 6.58 Å². The zero-order valence-electron chi connectivity index (χ0n) is 27.5. The van der Waals surface area contributed by atoms with E-state index in [1.807, 2.05) is 0 Å². The van der Waals surface area contributed by atoms with Gasteiger partial charge in [0.1, 0.15) is 0 Å². The van der Waals surface area contributed by atoms with E-state index in [0.717, 1.165) is 0 Å². The molecule has 0 aromatic rings. The fraction of sp³-hybridized carbons (Fsp3) is 0.897. The van der Waals surface area contributed by atoms with Crippen LogP contribution in [0.3, 0.4) is 0 Å². The first-order chi connectivity index (χ1) is 19.4. The van der Waals surface area contributed by atoms with Crippen molar-refractivity contribution in [3.63, 3.8) is 0 Å². The molecule has 0 atom stereocenters. The predicted molar refractivity (Wildman–Crippen MR) is 182 cm³/mol. The summed E-state index contributed by atoms with van der Waals surface area (Å²) < 4.78 is 0. The Kier molecular flexibility index (Phi) is 37.0. The van der Waals surface area contributed by atoms with E-state index in [1.165, 1.54) is 218 Å². The minimum atomic E-state index is 1.21. The normalized spacial score (nSPS) is 11.6. The molecular weight excluding hydrogens is 468 g/mol. The van der Waals surface area contributed by atoms with Crippen molar-refractivity contribution in [1.29, 1.82) is 0 Å². The molecule has 0 saturated carbocycles. The van der Waals surface area contributed by atoms with Gasteiger partial charge in [-0.1, -0.05) is 205 Å². The van der Waals surface area contributed by atoms with E-state index in [1.54, 1.807) is 0 Å². The Morgan fingerprint density at radius 3 is 0.718 bits per heavy atom. The van der Waals surface area contributed by atoms with Gasteiger partial charge >= 0.3 is 0 Å². The summed E-state index contributed by atoms with van der Waals surface area (Å²) in [6.45, 7) is 6.11. The van der Waals surface area contributed by atoms with Crippen LogP contribution in [0, 0.1) is 0 Å². The maximum Gasteiger partial charge on any atom is -0.0351 e. The zero-order chi connectivity index (χ0) is 28.2. The first kappa shape index (κ1) is 38.5. The molecule has 232 valence electrons. The van der Waals surface area contributed by atoms with E-state index < -0.39 is 0 Å². The van der Waals surface area contributed by atoms with Crippen LogP contribution in [-0.2, 0) is 0 Å². The monoisotopic (exact) mass is 545 g/mol. The van der Waals surface area contributed by atoms with Gasteiger partial charge in [0.2, 0.25) is 0 Å². The summed E-state index contributed by atoms with van der Waals surface area (Å²) in [5.41, 5.74) is 0. The van der Waals surface area contributed by atoms with E-state index in [9.17, 15) is 0 Å². The Hall–Kier alpha value is -0.520. The fourth-order valence-electron chi connectivity index (χ4n) is 5.89. The van der Waals surface area contributed by atoms with E-state index in [4.69, 9.17) is 0 Å². The van der Waals surface area contributed by atoms with Gasteiger partial charge < -0.3 is 0 Å². The van der Waals surface area contributed by atoms with E-state index >= 15 is 0 Å². The third kappa shape index (κ3) is 37.5. The standard InChI is InChI=1S/C39H76/c1-3-5-7-9-11-13-15-17-19-21-23-25-27-29-31-33-35-37-39-38-36-34-32-30-28-26-24-22-20-18-16-14-12-10-8-6-4-2/h3,36,38H,1,4-35,37,39H2,2H3. The summed E-state index contributed by atoms with van der Waals surface area (Å²) >= 11 is 0. The Labute approximate surface area is 249 Å². The molecule has 0 heterocycles. The molecule has 0 saturated heterocycles. The Morgan fingerprint density at radius 1 is 0.282 bits per heavy atom. The van der Waals surface area contributed by atoms with Gasteiger partial charge in [0.15, 0.2) is 0 Å². The number of rotatable bonds is 35. The highest BCUT2D eigenvalue weighted by Crippen LogP contribution is 2.16. The van der Waals surface area contributed by atoms with Crippen molar-refractivity contribution in [2.75, 3.05) is 0 Å². The van der Waals surface area contributed by atoms with E-state index in [0.29, 0.717) is 0 Å². The third-order valence-electron chi connectivity index (χ3n) is 8.67. The second kappa shape index (κ2) is 37.5. The van der Waals surface area contributed by atoms with E-state index in [2.05, 4.69) is 31.7 Å². The molecular formula is C39H76. The Morgan fingerprint density at radius 2 is 0.487 bits per heavy atom. The molecule has 0 spiro atoms. The first-order valence-corrected chi connectivity index (χ1v) is 18.7. The van der Waals surface area contributed by atoms with Crippen molar-refractivity contribution in [1.82, 2.24) is 0 Å². The van der Waals surface area contributed by atoms with Gasteiger partial charge in [-0.25, -0.2) is 0 Å². The molecule has 0 N–H and O–H groups in total. The van der Waals surface area contributed by atoms with Gasteiger partial charge in [-0.2, -0.15) is 0 Å². The molecule has 0 aliphatic rings. The van der Waals surface area contributed by atoms with Crippen LogP contribution in [0.25, 0.3) is 0 Å². The molecule has 0 aliphatic heterocycles. The quantitative estimate of drug-likeness (QED) is 0.0549. The summed E-state index contributed by atoms with van der Waals surface area (Å²) in [5.74, 6) is 0. The molecule has 0 aromatic carbocycles. The zero-order valence-corrected chi connectivity index (χ0v) is 27.5. The fourth-order valence-corrected chi connectivity index (χ4v) is 5.89. The lowest BCUT2D eigenvalue weighted by Gasteiger charge is -2.03. The lowest BCUT2D eigenvalue weighted by molar-refractivity contribution is 0.528. The van der Waals surface area contributed by atoms with Crippen LogP contribution in [0.2, 0.25) is 0 Å². The molecule has 0 amide bonds. The summed E-state index contributed by atoms with van der Waals surface area (Å²) in [7, 11) is 0. The van der Waals surface area contributed by atoms with Gasteiger partial charge in [0, 0.05) is 0 Å². The van der Waals surface area contributed by atoms with Crippen LogP contribution in [0.1, 0.15) is 225 Å². The van der Waals surface area contributed by atoms with Crippen molar-refractivity contribution >= 4 is 0 Å². The second-order valence-corrected chi connectivity index (χ2v) is 12.7. The van der Waals surface area contributed by atoms with Crippen molar-refractivity contribution in [2.45, 2.75) is 225 Å². The molecule has 0 nitrogen and oxygen atoms in total. The molecule has 0 aromatic heterocycles. The predicted octanol–water partition coefficient (Wildman–Crippen LogP) is 15.0. The molecule has 0 unspecified atom stereocenters. The van der Waals surface area contributed by atoms with Gasteiger partial charge in [0.05, 0.1) is 0 Å². The topological polar surface area (TPSA) is 0 Å². The van der Waals surface area contributed by atoms with Crippen molar-refractivity contribution in [3.8, 4) is 0 Å². The van der Waals surface area contributed by atoms with Gasteiger partial charge in [-0.3, -0.25) is 0 Å². The Bertz CT molecular complexity index is 447. The highest BCUT2D eigenvalue weighted by atomic mass is 14.0. The average Bonchev–Trinajstić information content (AvgIpc) is 2.95. The Balaban J connectivity index is 3.08. The van der Waals surface area contributed by atoms with Crippen molar-refractivity contribution in [3.05, 3.63) is 24.8 Å². The van der Waals surface area contributed by atoms with Gasteiger partial charge in [0.25, 0.3) is 0 Å². The minimum absolute atomic E-state index is 1.21. The van der Waals surface area contributed by atoms with Crippen LogP contribution in [-0.4, -0.2) is 0 Å². The maximum absolute atomic E-state index is 3.80. The SMILES string of the molecule is C=CCCCCCCCCCCCCCCCCCCC=CCCCCCCCCCCCCCCCCC.